The summed E-state index contributed by atoms with van der Waals surface area (Å²) >= 11 is 0. The molecule has 1 rings (SSSR count). The largest absolute Gasteiger partial charge is 0.418 e. The van der Waals surface area contributed by atoms with Crippen molar-refractivity contribution in [2.24, 2.45) is 5.92 Å². The molecule has 0 radical (unpaired) electrons. The average Bonchev–Trinajstić information content (AvgIpc) is 2.70. The van der Waals surface area contributed by atoms with Crippen molar-refractivity contribution in [2.75, 3.05) is 13.2 Å². The zero-order valence-corrected chi connectivity index (χ0v) is 10.4. The molecule has 0 aliphatic carbocycles. The Bertz CT molecular complexity index is 360. The van der Waals surface area contributed by atoms with Gasteiger partial charge in [-0.2, -0.15) is 13.2 Å². The smallest absolute Gasteiger partial charge is 0.379 e. The highest BCUT2D eigenvalue weighted by Gasteiger charge is 2.39. The Hall–Kier alpha value is -1.01. The minimum Gasteiger partial charge on any atom is -0.379 e. The van der Waals surface area contributed by atoms with Gasteiger partial charge < -0.3 is 14.4 Å². The van der Waals surface area contributed by atoms with E-state index in [0.29, 0.717) is 25.7 Å². The minimum absolute atomic E-state index is 0.147. The van der Waals surface area contributed by atoms with Crippen molar-refractivity contribution in [3.05, 3.63) is 24.0 Å². The van der Waals surface area contributed by atoms with Crippen LogP contribution < -0.4 is 0 Å². The molecule has 1 unspecified atom stereocenters. The van der Waals surface area contributed by atoms with E-state index in [4.69, 9.17) is 9.84 Å². The van der Waals surface area contributed by atoms with E-state index in [1.165, 1.54) is 18.5 Å². The predicted octanol–water partition coefficient (Wildman–Crippen LogP) is 2.76. The first-order valence-electron chi connectivity index (χ1n) is 5.79. The third-order valence-electron chi connectivity index (χ3n) is 2.34. The van der Waals surface area contributed by atoms with Crippen LogP contribution in [0.3, 0.4) is 0 Å². The Kier molecular flexibility index (Phi) is 5.22. The number of nitrogens with zero attached hydrogens (tertiary/aromatic N) is 1. The number of aromatic nitrogens is 1. The van der Waals surface area contributed by atoms with Crippen molar-refractivity contribution < 1.29 is 23.0 Å². The van der Waals surface area contributed by atoms with Crippen LogP contribution in [0.4, 0.5) is 13.2 Å². The first kappa shape index (κ1) is 15.0. The maximum absolute atomic E-state index is 12.3. The molecule has 0 spiro atoms. The van der Waals surface area contributed by atoms with Gasteiger partial charge in [0.05, 0.1) is 6.61 Å². The molecule has 0 saturated carbocycles. The maximum Gasteiger partial charge on any atom is 0.418 e. The second-order valence-electron chi connectivity index (χ2n) is 4.60. The number of hydrogen-bond acceptors (Lipinski definition) is 2. The van der Waals surface area contributed by atoms with E-state index in [1.807, 2.05) is 13.8 Å². The van der Waals surface area contributed by atoms with Gasteiger partial charge in [0.15, 0.2) is 6.10 Å². The van der Waals surface area contributed by atoms with Crippen molar-refractivity contribution in [3.63, 3.8) is 0 Å². The molecule has 0 saturated heterocycles. The van der Waals surface area contributed by atoms with Crippen molar-refractivity contribution >= 4 is 0 Å². The van der Waals surface area contributed by atoms with Gasteiger partial charge in [0.25, 0.3) is 0 Å². The van der Waals surface area contributed by atoms with E-state index < -0.39 is 12.3 Å². The first-order chi connectivity index (χ1) is 8.30. The van der Waals surface area contributed by atoms with Gasteiger partial charge >= 0.3 is 6.18 Å². The van der Waals surface area contributed by atoms with Crippen LogP contribution in [0.5, 0.6) is 0 Å². The molecule has 6 heteroatoms. The van der Waals surface area contributed by atoms with Crippen LogP contribution >= 0.6 is 0 Å². The Labute approximate surface area is 104 Å². The Morgan fingerprint density at radius 2 is 2.06 bits per heavy atom. The van der Waals surface area contributed by atoms with Crippen LogP contribution in [0.2, 0.25) is 0 Å². The third-order valence-corrected chi connectivity index (χ3v) is 2.34. The predicted molar refractivity (Wildman–Crippen MR) is 61.1 cm³/mol. The molecular weight excluding hydrogens is 247 g/mol. The topological polar surface area (TPSA) is 34.4 Å². The summed E-state index contributed by atoms with van der Waals surface area (Å²) in [6.45, 7) is 5.58. The van der Waals surface area contributed by atoms with E-state index in [0.717, 1.165) is 0 Å². The van der Waals surface area contributed by atoms with Gasteiger partial charge in [-0.05, 0) is 12.0 Å². The van der Waals surface area contributed by atoms with E-state index in [1.54, 1.807) is 4.57 Å². The van der Waals surface area contributed by atoms with Crippen LogP contribution in [0.15, 0.2) is 18.5 Å². The molecule has 0 aromatic carbocycles. The molecule has 1 N–H and O–H groups in total. The fourth-order valence-corrected chi connectivity index (χ4v) is 1.44. The van der Waals surface area contributed by atoms with Gasteiger partial charge in [-0.1, -0.05) is 13.8 Å². The van der Waals surface area contributed by atoms with Gasteiger partial charge in [-0.25, -0.2) is 0 Å². The average molecular weight is 265 g/mol. The van der Waals surface area contributed by atoms with Crippen LogP contribution in [0, 0.1) is 5.92 Å². The van der Waals surface area contributed by atoms with Gasteiger partial charge in [-0.15, -0.1) is 0 Å². The maximum atomic E-state index is 12.3. The first-order valence-corrected chi connectivity index (χ1v) is 5.79. The molecular formula is C12H18F3NO2. The minimum atomic E-state index is -4.62. The summed E-state index contributed by atoms with van der Waals surface area (Å²) < 4.78 is 43.7. The lowest BCUT2D eigenvalue weighted by Crippen LogP contribution is -2.19. The molecule has 0 aliphatic rings. The summed E-state index contributed by atoms with van der Waals surface area (Å²) in [6, 6.07) is 1.26. The van der Waals surface area contributed by atoms with Gasteiger partial charge in [0, 0.05) is 31.1 Å². The van der Waals surface area contributed by atoms with Crippen LogP contribution in [-0.4, -0.2) is 29.1 Å². The fourth-order valence-electron chi connectivity index (χ4n) is 1.44. The highest BCUT2D eigenvalue weighted by Crippen LogP contribution is 2.32. The molecule has 18 heavy (non-hydrogen) atoms. The number of aliphatic hydroxyl groups is 1. The molecule has 1 aromatic heterocycles. The van der Waals surface area contributed by atoms with Crippen LogP contribution in [0.1, 0.15) is 25.5 Å². The highest BCUT2D eigenvalue weighted by atomic mass is 19.4. The second-order valence-corrected chi connectivity index (χ2v) is 4.60. The number of ether oxygens (including phenoxy) is 1. The Balaban J connectivity index is 2.44. The molecule has 3 nitrogen and oxygen atoms in total. The van der Waals surface area contributed by atoms with Gasteiger partial charge in [-0.3, -0.25) is 0 Å². The summed E-state index contributed by atoms with van der Waals surface area (Å²) in [5, 5.41) is 9.05. The zero-order chi connectivity index (χ0) is 13.8. The van der Waals surface area contributed by atoms with E-state index in [2.05, 4.69) is 0 Å². The summed E-state index contributed by atoms with van der Waals surface area (Å²) in [6.07, 6.45) is -4.25. The monoisotopic (exact) mass is 265 g/mol. The molecule has 0 bridgehead atoms. The highest BCUT2D eigenvalue weighted by molar-refractivity contribution is 5.15. The number of rotatable bonds is 6. The fraction of sp³-hybridized carbons (Fsp3) is 0.667. The summed E-state index contributed by atoms with van der Waals surface area (Å²) in [7, 11) is 0. The van der Waals surface area contributed by atoms with Crippen molar-refractivity contribution in [2.45, 2.75) is 32.7 Å². The van der Waals surface area contributed by atoms with Gasteiger partial charge in [0.2, 0.25) is 0 Å². The molecule has 104 valence electrons. The number of alkyl halides is 3. The van der Waals surface area contributed by atoms with Crippen LogP contribution in [-0.2, 0) is 11.3 Å². The number of hydrogen-bond donors (Lipinski definition) is 1. The lowest BCUT2D eigenvalue weighted by atomic mass is 10.2. The van der Waals surface area contributed by atoms with Crippen LogP contribution in [0.25, 0.3) is 0 Å². The van der Waals surface area contributed by atoms with E-state index in [9.17, 15) is 13.2 Å². The summed E-state index contributed by atoms with van der Waals surface area (Å²) in [5.41, 5.74) is -0.147. The Morgan fingerprint density at radius 1 is 1.39 bits per heavy atom. The van der Waals surface area contributed by atoms with E-state index >= 15 is 0 Å². The number of halogens is 3. The summed E-state index contributed by atoms with van der Waals surface area (Å²) in [4.78, 5) is 0. The quantitative estimate of drug-likeness (QED) is 0.802. The second kappa shape index (κ2) is 6.24. The van der Waals surface area contributed by atoms with Gasteiger partial charge in [0.1, 0.15) is 0 Å². The molecule has 1 atom stereocenters. The third kappa shape index (κ3) is 4.70. The lowest BCUT2D eigenvalue weighted by molar-refractivity contribution is -0.206. The SMILES string of the molecule is CC(C)COCCn1ccc(C(O)C(F)(F)F)c1. The number of aliphatic hydroxyl groups excluding tert-OH is 1. The molecule has 0 aliphatic heterocycles. The molecule has 0 fully saturated rings. The molecule has 0 amide bonds. The Morgan fingerprint density at radius 3 is 2.61 bits per heavy atom. The lowest BCUT2D eigenvalue weighted by Gasteiger charge is -2.12. The standard InChI is InChI=1S/C12H18F3NO2/c1-9(2)8-18-6-5-16-4-3-10(7-16)11(17)12(13,14)15/h3-4,7,9,11,17H,5-6,8H2,1-2H3. The molecule has 1 aromatic rings. The summed E-state index contributed by atoms with van der Waals surface area (Å²) in [5.74, 6) is 0.428. The van der Waals surface area contributed by atoms with Crippen molar-refractivity contribution in [1.82, 2.24) is 4.57 Å². The van der Waals surface area contributed by atoms with Crippen molar-refractivity contribution in [1.29, 1.82) is 0 Å². The molecule has 1 heterocycles. The van der Waals surface area contributed by atoms with E-state index in [-0.39, 0.29) is 5.56 Å². The normalized spacial score (nSPS) is 14.2. The van der Waals surface area contributed by atoms with Crippen molar-refractivity contribution in [3.8, 4) is 0 Å². The zero-order valence-electron chi connectivity index (χ0n) is 10.4.